The van der Waals surface area contributed by atoms with Crippen LogP contribution in [0.15, 0.2) is 12.1 Å². The van der Waals surface area contributed by atoms with Gasteiger partial charge in [0, 0.05) is 6.54 Å². The zero-order chi connectivity index (χ0) is 14.7. The van der Waals surface area contributed by atoms with Crippen LogP contribution >= 0.6 is 0 Å². The highest BCUT2D eigenvalue weighted by Gasteiger charge is 2.19. The number of amides is 1. The summed E-state index contributed by atoms with van der Waals surface area (Å²) in [6, 6.07) is 3.51. The Balaban J connectivity index is 1.60. The Kier molecular flexibility index (Phi) is 4.51. The van der Waals surface area contributed by atoms with Crippen LogP contribution in [0.4, 0.5) is 10.1 Å². The number of fused-ring (bicyclic) bond motifs is 1. The van der Waals surface area contributed by atoms with E-state index in [4.69, 9.17) is 4.74 Å². The first kappa shape index (κ1) is 14.5. The van der Waals surface area contributed by atoms with Gasteiger partial charge in [0.1, 0.15) is 12.4 Å². The molecule has 114 valence electrons. The van der Waals surface area contributed by atoms with E-state index in [9.17, 15) is 9.18 Å². The third-order valence-corrected chi connectivity index (χ3v) is 4.23. The predicted molar refractivity (Wildman–Crippen MR) is 78.6 cm³/mol. The largest absolute Gasteiger partial charge is 0.368 e. The van der Waals surface area contributed by atoms with Crippen molar-refractivity contribution in [3.63, 3.8) is 0 Å². The van der Waals surface area contributed by atoms with Crippen molar-refractivity contribution in [1.82, 2.24) is 5.32 Å². The lowest BCUT2D eigenvalue weighted by Crippen LogP contribution is -2.26. The standard InChI is InChI=1S/C16H21FN2O2/c17-16-13-7-8-18-9-11(13)5-6-14(16)19-15(20)10-21-12-3-1-2-4-12/h5-6,12,18H,1-4,7-10H2,(H,19,20). The Labute approximate surface area is 124 Å². The molecule has 0 bridgehead atoms. The summed E-state index contributed by atoms with van der Waals surface area (Å²) in [5, 5.41) is 5.83. The predicted octanol–water partition coefficient (Wildman–Crippen LogP) is 2.37. The maximum Gasteiger partial charge on any atom is 0.250 e. The molecule has 1 heterocycles. The number of carbonyl (C=O) groups excluding carboxylic acids is 1. The average molecular weight is 292 g/mol. The van der Waals surface area contributed by atoms with Crippen molar-refractivity contribution in [2.45, 2.75) is 44.8 Å². The molecule has 21 heavy (non-hydrogen) atoms. The molecule has 0 aromatic heterocycles. The smallest absolute Gasteiger partial charge is 0.250 e. The number of benzene rings is 1. The van der Waals surface area contributed by atoms with E-state index in [1.165, 1.54) is 12.8 Å². The molecule has 4 nitrogen and oxygen atoms in total. The van der Waals surface area contributed by atoms with E-state index in [0.717, 1.165) is 24.9 Å². The van der Waals surface area contributed by atoms with Gasteiger partial charge in [0.25, 0.3) is 0 Å². The van der Waals surface area contributed by atoms with E-state index in [0.29, 0.717) is 18.5 Å². The zero-order valence-electron chi connectivity index (χ0n) is 12.1. The molecule has 0 unspecified atom stereocenters. The number of anilines is 1. The monoisotopic (exact) mass is 292 g/mol. The number of rotatable bonds is 4. The molecular formula is C16H21FN2O2. The van der Waals surface area contributed by atoms with E-state index in [1.54, 1.807) is 6.07 Å². The van der Waals surface area contributed by atoms with Crippen LogP contribution in [-0.4, -0.2) is 25.2 Å². The molecule has 2 N–H and O–H groups in total. The summed E-state index contributed by atoms with van der Waals surface area (Å²) in [6.07, 6.45) is 5.22. The first-order chi connectivity index (χ1) is 10.2. The molecule has 1 fully saturated rings. The number of nitrogens with one attached hydrogen (secondary N) is 2. The summed E-state index contributed by atoms with van der Waals surface area (Å²) in [6.45, 7) is 1.46. The number of ether oxygens (including phenoxy) is 1. The first-order valence-electron chi connectivity index (χ1n) is 7.66. The molecule has 0 spiro atoms. The van der Waals surface area contributed by atoms with Crippen molar-refractivity contribution < 1.29 is 13.9 Å². The van der Waals surface area contributed by atoms with Gasteiger partial charge in [-0.05, 0) is 43.0 Å². The molecule has 1 aromatic rings. The Morgan fingerprint density at radius 2 is 2.19 bits per heavy atom. The third kappa shape index (κ3) is 3.41. The van der Waals surface area contributed by atoms with Gasteiger partial charge < -0.3 is 15.4 Å². The van der Waals surface area contributed by atoms with Gasteiger partial charge in [-0.15, -0.1) is 0 Å². The summed E-state index contributed by atoms with van der Waals surface area (Å²) in [7, 11) is 0. The summed E-state index contributed by atoms with van der Waals surface area (Å²) in [4.78, 5) is 11.9. The van der Waals surface area contributed by atoms with Crippen molar-refractivity contribution >= 4 is 11.6 Å². The van der Waals surface area contributed by atoms with Crippen molar-refractivity contribution in [3.05, 3.63) is 29.1 Å². The molecule has 1 aliphatic heterocycles. The molecule has 5 heteroatoms. The molecule has 1 saturated carbocycles. The second kappa shape index (κ2) is 6.54. The fourth-order valence-electron chi connectivity index (χ4n) is 3.06. The van der Waals surface area contributed by atoms with E-state index < -0.39 is 0 Å². The molecule has 0 atom stereocenters. The molecule has 0 radical (unpaired) electrons. The van der Waals surface area contributed by atoms with Crippen LogP contribution in [-0.2, 0) is 22.5 Å². The fraction of sp³-hybridized carbons (Fsp3) is 0.562. The third-order valence-electron chi connectivity index (χ3n) is 4.23. The summed E-state index contributed by atoms with van der Waals surface area (Å²) >= 11 is 0. The van der Waals surface area contributed by atoms with E-state index in [-0.39, 0.29) is 30.1 Å². The van der Waals surface area contributed by atoms with Gasteiger partial charge in [0.2, 0.25) is 5.91 Å². The lowest BCUT2D eigenvalue weighted by Gasteiger charge is -2.19. The van der Waals surface area contributed by atoms with E-state index in [1.807, 2.05) is 6.07 Å². The van der Waals surface area contributed by atoms with Gasteiger partial charge in [-0.1, -0.05) is 18.9 Å². The van der Waals surface area contributed by atoms with Gasteiger partial charge in [-0.3, -0.25) is 4.79 Å². The Bertz CT molecular complexity index is 527. The van der Waals surface area contributed by atoms with Crippen molar-refractivity contribution in [1.29, 1.82) is 0 Å². The molecular weight excluding hydrogens is 271 g/mol. The maximum absolute atomic E-state index is 14.4. The lowest BCUT2D eigenvalue weighted by molar-refractivity contribution is -0.122. The number of hydrogen-bond donors (Lipinski definition) is 2. The van der Waals surface area contributed by atoms with Gasteiger partial charge in [0.15, 0.2) is 0 Å². The topological polar surface area (TPSA) is 50.4 Å². The van der Waals surface area contributed by atoms with Gasteiger partial charge >= 0.3 is 0 Å². The Morgan fingerprint density at radius 1 is 1.38 bits per heavy atom. The highest BCUT2D eigenvalue weighted by Crippen LogP contribution is 2.25. The SMILES string of the molecule is O=C(COC1CCCC1)Nc1ccc2c(c1F)CCNC2. The minimum Gasteiger partial charge on any atom is -0.368 e. The molecule has 2 aliphatic rings. The van der Waals surface area contributed by atoms with Gasteiger partial charge in [0.05, 0.1) is 11.8 Å². The second-order valence-corrected chi connectivity index (χ2v) is 5.76. The molecule has 1 aliphatic carbocycles. The van der Waals surface area contributed by atoms with E-state index >= 15 is 0 Å². The number of halogens is 1. The Morgan fingerprint density at radius 3 is 3.00 bits per heavy atom. The summed E-state index contributed by atoms with van der Waals surface area (Å²) in [5.41, 5.74) is 1.94. The van der Waals surface area contributed by atoms with Crippen LogP contribution < -0.4 is 10.6 Å². The second-order valence-electron chi connectivity index (χ2n) is 5.76. The molecule has 1 amide bonds. The highest BCUT2D eigenvalue weighted by atomic mass is 19.1. The maximum atomic E-state index is 14.4. The van der Waals surface area contributed by atoms with Crippen LogP contribution in [0.3, 0.4) is 0 Å². The van der Waals surface area contributed by atoms with Crippen LogP contribution in [0, 0.1) is 5.82 Å². The number of hydrogen-bond acceptors (Lipinski definition) is 3. The first-order valence-corrected chi connectivity index (χ1v) is 7.66. The summed E-state index contributed by atoms with van der Waals surface area (Å²) in [5.74, 6) is -0.585. The van der Waals surface area contributed by atoms with Crippen LogP contribution in [0.5, 0.6) is 0 Å². The van der Waals surface area contributed by atoms with Gasteiger partial charge in [-0.25, -0.2) is 4.39 Å². The number of carbonyl (C=O) groups is 1. The summed E-state index contributed by atoms with van der Waals surface area (Å²) < 4.78 is 19.9. The average Bonchev–Trinajstić information content (AvgIpc) is 3.02. The minimum atomic E-state index is -0.303. The minimum absolute atomic E-state index is 0.00273. The highest BCUT2D eigenvalue weighted by molar-refractivity contribution is 5.92. The van der Waals surface area contributed by atoms with Crippen molar-refractivity contribution in [3.8, 4) is 0 Å². The molecule has 3 rings (SSSR count). The van der Waals surface area contributed by atoms with Crippen LogP contribution in [0.25, 0.3) is 0 Å². The molecule has 1 aromatic carbocycles. The van der Waals surface area contributed by atoms with Crippen LogP contribution in [0.1, 0.15) is 36.8 Å². The molecule has 0 saturated heterocycles. The fourth-order valence-corrected chi connectivity index (χ4v) is 3.06. The van der Waals surface area contributed by atoms with Crippen molar-refractivity contribution in [2.75, 3.05) is 18.5 Å². The van der Waals surface area contributed by atoms with Crippen LogP contribution in [0.2, 0.25) is 0 Å². The van der Waals surface area contributed by atoms with Gasteiger partial charge in [-0.2, -0.15) is 0 Å². The Hall–Kier alpha value is -1.46. The van der Waals surface area contributed by atoms with E-state index in [2.05, 4.69) is 10.6 Å². The normalized spacial score (nSPS) is 18.5. The zero-order valence-corrected chi connectivity index (χ0v) is 12.1. The lowest BCUT2D eigenvalue weighted by atomic mass is 9.99. The quantitative estimate of drug-likeness (QED) is 0.896. The van der Waals surface area contributed by atoms with Crippen molar-refractivity contribution in [2.24, 2.45) is 0 Å².